The number of hydrogen-bond donors (Lipinski definition) is 1. The molecule has 2 heterocycles. The molecule has 2 rings (SSSR count). The standard InChI is InChI=1S/C11H14ClNOS/c12-11-6-8(7-15-11)5-10(14)9-1-3-13-4-2-9/h6-7,9,13H,1-5H2. The van der Waals surface area contributed by atoms with Gasteiger partial charge in [0.05, 0.1) is 4.34 Å². The number of halogens is 1. The fourth-order valence-corrected chi connectivity index (χ4v) is 2.84. The summed E-state index contributed by atoms with van der Waals surface area (Å²) in [6.45, 7) is 1.95. The van der Waals surface area contributed by atoms with Crippen molar-refractivity contribution in [2.45, 2.75) is 19.3 Å². The number of ketones is 1. The molecule has 0 radical (unpaired) electrons. The molecule has 0 bridgehead atoms. The highest BCUT2D eigenvalue weighted by Gasteiger charge is 2.20. The van der Waals surface area contributed by atoms with Crippen molar-refractivity contribution in [1.29, 1.82) is 0 Å². The molecule has 1 N–H and O–H groups in total. The van der Waals surface area contributed by atoms with Crippen molar-refractivity contribution in [3.8, 4) is 0 Å². The van der Waals surface area contributed by atoms with Crippen LogP contribution in [0.4, 0.5) is 0 Å². The van der Waals surface area contributed by atoms with E-state index >= 15 is 0 Å². The van der Waals surface area contributed by atoms with Crippen LogP contribution in [0.3, 0.4) is 0 Å². The molecule has 0 saturated carbocycles. The summed E-state index contributed by atoms with van der Waals surface area (Å²) in [5.74, 6) is 0.621. The number of Topliss-reactive ketones (excluding diaryl/α,β-unsaturated/α-hetero) is 1. The molecule has 0 spiro atoms. The highest BCUT2D eigenvalue weighted by Crippen LogP contribution is 2.22. The molecule has 0 atom stereocenters. The molecule has 1 aromatic heterocycles. The average Bonchev–Trinajstić information content (AvgIpc) is 2.65. The second-order valence-electron chi connectivity index (χ2n) is 3.93. The molecule has 4 heteroatoms. The van der Waals surface area contributed by atoms with E-state index in [-0.39, 0.29) is 5.92 Å². The second-order valence-corrected chi connectivity index (χ2v) is 5.47. The molecule has 0 unspecified atom stereocenters. The second kappa shape index (κ2) is 5.10. The number of carbonyl (C=O) groups is 1. The maximum Gasteiger partial charge on any atom is 0.140 e. The maximum atomic E-state index is 11.9. The first-order chi connectivity index (χ1) is 7.25. The van der Waals surface area contributed by atoms with Crippen LogP contribution in [-0.4, -0.2) is 18.9 Å². The van der Waals surface area contributed by atoms with E-state index < -0.39 is 0 Å². The first-order valence-electron chi connectivity index (χ1n) is 5.22. The molecular formula is C11H14ClNOS. The summed E-state index contributed by atoms with van der Waals surface area (Å²) in [5.41, 5.74) is 1.06. The monoisotopic (exact) mass is 243 g/mol. The SMILES string of the molecule is O=C(Cc1csc(Cl)c1)C1CCNCC1. The van der Waals surface area contributed by atoms with Crippen molar-refractivity contribution in [3.05, 3.63) is 21.3 Å². The first-order valence-corrected chi connectivity index (χ1v) is 6.48. The summed E-state index contributed by atoms with van der Waals surface area (Å²) < 4.78 is 0.767. The summed E-state index contributed by atoms with van der Waals surface area (Å²) in [5, 5.41) is 5.24. The number of rotatable bonds is 3. The molecular weight excluding hydrogens is 230 g/mol. The fourth-order valence-electron chi connectivity index (χ4n) is 1.93. The Morgan fingerprint density at radius 2 is 2.27 bits per heavy atom. The van der Waals surface area contributed by atoms with Crippen molar-refractivity contribution in [3.63, 3.8) is 0 Å². The van der Waals surface area contributed by atoms with Gasteiger partial charge in [-0.3, -0.25) is 4.79 Å². The molecule has 1 aliphatic heterocycles. The van der Waals surface area contributed by atoms with Crippen molar-refractivity contribution >= 4 is 28.7 Å². The highest BCUT2D eigenvalue weighted by atomic mass is 35.5. The lowest BCUT2D eigenvalue weighted by Crippen LogP contribution is -2.32. The first kappa shape index (κ1) is 11.1. The van der Waals surface area contributed by atoms with Gasteiger partial charge in [0.25, 0.3) is 0 Å². The van der Waals surface area contributed by atoms with Gasteiger partial charge in [-0.2, -0.15) is 0 Å². The van der Waals surface area contributed by atoms with E-state index in [2.05, 4.69) is 5.32 Å². The largest absolute Gasteiger partial charge is 0.317 e. The third kappa shape index (κ3) is 3.03. The Morgan fingerprint density at radius 3 is 2.87 bits per heavy atom. The molecule has 15 heavy (non-hydrogen) atoms. The Hall–Kier alpha value is -0.380. The van der Waals surface area contributed by atoms with Crippen LogP contribution in [0.2, 0.25) is 4.34 Å². The average molecular weight is 244 g/mol. The summed E-state index contributed by atoms with van der Waals surface area (Å²) in [7, 11) is 0. The number of hydrogen-bond acceptors (Lipinski definition) is 3. The lowest BCUT2D eigenvalue weighted by molar-refractivity contribution is -0.122. The van der Waals surface area contributed by atoms with Gasteiger partial charge >= 0.3 is 0 Å². The lowest BCUT2D eigenvalue weighted by Gasteiger charge is -2.21. The molecule has 1 aromatic rings. The van der Waals surface area contributed by atoms with E-state index in [0.717, 1.165) is 35.8 Å². The molecule has 1 saturated heterocycles. The lowest BCUT2D eigenvalue weighted by atomic mass is 9.91. The Balaban J connectivity index is 1.91. The van der Waals surface area contributed by atoms with Gasteiger partial charge in [0.2, 0.25) is 0 Å². The Morgan fingerprint density at radius 1 is 1.53 bits per heavy atom. The van der Waals surface area contributed by atoms with E-state index in [4.69, 9.17) is 11.6 Å². The van der Waals surface area contributed by atoms with E-state index in [1.54, 1.807) is 0 Å². The van der Waals surface area contributed by atoms with Crippen LogP contribution >= 0.6 is 22.9 Å². The van der Waals surface area contributed by atoms with Crippen LogP contribution < -0.4 is 5.32 Å². The highest BCUT2D eigenvalue weighted by molar-refractivity contribution is 7.14. The molecule has 0 aromatic carbocycles. The van der Waals surface area contributed by atoms with Gasteiger partial charge < -0.3 is 5.32 Å². The summed E-state index contributed by atoms with van der Waals surface area (Å²) >= 11 is 7.32. The van der Waals surface area contributed by atoms with Crippen LogP contribution in [0.15, 0.2) is 11.4 Å². The molecule has 0 aliphatic carbocycles. The van der Waals surface area contributed by atoms with E-state index in [1.807, 2.05) is 11.4 Å². The normalized spacial score (nSPS) is 17.9. The zero-order valence-corrected chi connectivity index (χ0v) is 10.0. The van der Waals surface area contributed by atoms with E-state index in [0.29, 0.717) is 12.2 Å². The van der Waals surface area contributed by atoms with Gasteiger partial charge in [0, 0.05) is 12.3 Å². The van der Waals surface area contributed by atoms with Crippen LogP contribution in [0.1, 0.15) is 18.4 Å². The van der Waals surface area contributed by atoms with Gasteiger partial charge in [-0.25, -0.2) is 0 Å². The van der Waals surface area contributed by atoms with Crippen molar-refractivity contribution in [1.82, 2.24) is 5.32 Å². The smallest absolute Gasteiger partial charge is 0.140 e. The van der Waals surface area contributed by atoms with Gasteiger partial charge in [0.1, 0.15) is 5.78 Å². The Kier molecular flexibility index (Phi) is 3.78. The predicted molar refractivity (Wildman–Crippen MR) is 63.6 cm³/mol. The van der Waals surface area contributed by atoms with Crippen LogP contribution in [0.5, 0.6) is 0 Å². The third-order valence-corrected chi connectivity index (χ3v) is 3.93. The van der Waals surface area contributed by atoms with Crippen LogP contribution in [0.25, 0.3) is 0 Å². The minimum Gasteiger partial charge on any atom is -0.317 e. The van der Waals surface area contributed by atoms with E-state index in [9.17, 15) is 4.79 Å². The zero-order chi connectivity index (χ0) is 10.7. The molecule has 1 fully saturated rings. The van der Waals surface area contributed by atoms with Gasteiger partial charge in [-0.15, -0.1) is 11.3 Å². The maximum absolute atomic E-state index is 11.9. The number of piperidine rings is 1. The van der Waals surface area contributed by atoms with Crippen LogP contribution in [0, 0.1) is 5.92 Å². The van der Waals surface area contributed by atoms with Gasteiger partial charge in [-0.1, -0.05) is 11.6 Å². The minimum atomic E-state index is 0.255. The van der Waals surface area contributed by atoms with Crippen LogP contribution in [-0.2, 0) is 11.2 Å². The predicted octanol–water partition coefficient (Wildman–Crippen LogP) is 2.51. The van der Waals surface area contributed by atoms with Gasteiger partial charge in [-0.05, 0) is 42.9 Å². The molecule has 82 valence electrons. The Bertz CT molecular complexity index is 344. The number of nitrogens with one attached hydrogen (secondary N) is 1. The van der Waals surface area contributed by atoms with Crippen molar-refractivity contribution in [2.24, 2.45) is 5.92 Å². The summed E-state index contributed by atoms with van der Waals surface area (Å²) in [6, 6.07) is 1.89. The molecule has 0 amide bonds. The summed E-state index contributed by atoms with van der Waals surface area (Å²) in [4.78, 5) is 11.9. The number of thiophene rings is 1. The van der Waals surface area contributed by atoms with Crippen molar-refractivity contribution in [2.75, 3.05) is 13.1 Å². The quantitative estimate of drug-likeness (QED) is 0.884. The van der Waals surface area contributed by atoms with Crippen molar-refractivity contribution < 1.29 is 4.79 Å². The zero-order valence-electron chi connectivity index (χ0n) is 8.46. The summed E-state index contributed by atoms with van der Waals surface area (Å²) in [6.07, 6.45) is 2.52. The molecule has 1 aliphatic rings. The van der Waals surface area contributed by atoms with Gasteiger partial charge in [0.15, 0.2) is 0 Å². The van der Waals surface area contributed by atoms with E-state index in [1.165, 1.54) is 11.3 Å². The minimum absolute atomic E-state index is 0.255. The topological polar surface area (TPSA) is 29.1 Å². The molecule has 2 nitrogen and oxygen atoms in total. The fraction of sp³-hybridized carbons (Fsp3) is 0.545. The third-order valence-electron chi connectivity index (χ3n) is 2.79. The number of carbonyl (C=O) groups excluding carboxylic acids is 1. The Labute approximate surface area is 98.6 Å².